The average Bonchev–Trinajstić information content (AvgIpc) is 3.12. The molecule has 116 valence electrons. The first-order chi connectivity index (χ1) is 10.2. The van der Waals surface area contributed by atoms with Gasteiger partial charge in [-0.25, -0.2) is 4.98 Å². The van der Waals surface area contributed by atoms with Gasteiger partial charge in [-0.2, -0.15) is 0 Å². The quantitative estimate of drug-likeness (QED) is 0.839. The van der Waals surface area contributed by atoms with Crippen LogP contribution in [0.2, 0.25) is 0 Å². The van der Waals surface area contributed by atoms with E-state index in [-0.39, 0.29) is 0 Å². The maximum Gasteiger partial charge on any atom is 0.236 e. The molecule has 3 rings (SSSR count). The van der Waals surface area contributed by atoms with Crippen molar-refractivity contribution in [3.05, 3.63) is 18.2 Å². The fraction of sp³-hybridized carbons (Fsp3) is 0.750. The first-order valence-corrected chi connectivity index (χ1v) is 8.18. The van der Waals surface area contributed by atoms with E-state index in [1.807, 2.05) is 17.3 Å². The molecule has 2 fully saturated rings. The number of carbonyl (C=O) groups excluding carboxylic acids is 1. The summed E-state index contributed by atoms with van der Waals surface area (Å²) in [5.74, 6) is 2.11. The molecule has 2 aliphatic rings. The molecule has 0 unspecified atom stereocenters. The predicted molar refractivity (Wildman–Crippen MR) is 81.9 cm³/mol. The third kappa shape index (κ3) is 3.64. The van der Waals surface area contributed by atoms with Crippen molar-refractivity contribution < 1.29 is 4.79 Å². The Kier molecular flexibility index (Phi) is 4.58. The van der Waals surface area contributed by atoms with Crippen molar-refractivity contribution in [3.63, 3.8) is 0 Å². The largest absolute Gasteiger partial charge is 0.342 e. The lowest BCUT2D eigenvalue weighted by atomic mass is 9.94. The highest BCUT2D eigenvalue weighted by Gasteiger charge is 2.25. The van der Waals surface area contributed by atoms with Crippen molar-refractivity contribution >= 4 is 5.91 Å². The topological polar surface area (TPSA) is 41.4 Å². The molecule has 0 aliphatic carbocycles. The molecular formula is C16H26N4O. The van der Waals surface area contributed by atoms with Gasteiger partial charge in [0, 0.05) is 45.5 Å². The Bertz CT molecular complexity index is 478. The average molecular weight is 290 g/mol. The number of aryl methyl sites for hydroxylation is 1. The van der Waals surface area contributed by atoms with Gasteiger partial charge in [-0.15, -0.1) is 0 Å². The van der Waals surface area contributed by atoms with Gasteiger partial charge < -0.3 is 9.47 Å². The summed E-state index contributed by atoms with van der Waals surface area (Å²) in [6.07, 6.45) is 9.70. The van der Waals surface area contributed by atoms with Gasteiger partial charge in [0.2, 0.25) is 5.91 Å². The van der Waals surface area contributed by atoms with Crippen molar-refractivity contribution in [1.82, 2.24) is 19.4 Å². The summed E-state index contributed by atoms with van der Waals surface area (Å²) in [4.78, 5) is 21.1. The SMILES string of the molecule is Cn1ccnc1C[C@H]1CCCN(CC(=O)N2CCCC2)C1. The number of carbonyl (C=O) groups is 1. The Morgan fingerprint density at radius 2 is 2.10 bits per heavy atom. The maximum atomic E-state index is 12.3. The monoisotopic (exact) mass is 290 g/mol. The number of amides is 1. The zero-order valence-electron chi connectivity index (χ0n) is 13.0. The molecule has 0 saturated carbocycles. The first-order valence-electron chi connectivity index (χ1n) is 8.18. The van der Waals surface area contributed by atoms with Gasteiger partial charge in [0.05, 0.1) is 6.54 Å². The maximum absolute atomic E-state index is 12.3. The van der Waals surface area contributed by atoms with E-state index in [1.54, 1.807) is 0 Å². The third-order valence-corrected chi connectivity index (χ3v) is 4.81. The minimum atomic E-state index is 0.324. The zero-order chi connectivity index (χ0) is 14.7. The Balaban J connectivity index is 1.51. The highest BCUT2D eigenvalue weighted by atomic mass is 16.2. The van der Waals surface area contributed by atoms with Crippen LogP contribution >= 0.6 is 0 Å². The number of hydrogen-bond acceptors (Lipinski definition) is 3. The van der Waals surface area contributed by atoms with Crippen LogP contribution in [-0.2, 0) is 18.3 Å². The Hall–Kier alpha value is -1.36. The molecule has 1 amide bonds. The second-order valence-electron chi connectivity index (χ2n) is 6.49. The van der Waals surface area contributed by atoms with Crippen molar-refractivity contribution in [2.75, 3.05) is 32.7 Å². The fourth-order valence-corrected chi connectivity index (χ4v) is 3.57. The van der Waals surface area contributed by atoms with Crippen LogP contribution in [0.4, 0.5) is 0 Å². The molecule has 21 heavy (non-hydrogen) atoms. The summed E-state index contributed by atoms with van der Waals surface area (Å²) in [5.41, 5.74) is 0. The Labute approximate surface area is 126 Å². The summed E-state index contributed by atoms with van der Waals surface area (Å²) in [6, 6.07) is 0. The molecule has 0 N–H and O–H groups in total. The minimum Gasteiger partial charge on any atom is -0.342 e. The van der Waals surface area contributed by atoms with Gasteiger partial charge >= 0.3 is 0 Å². The van der Waals surface area contributed by atoms with Gasteiger partial charge in [-0.05, 0) is 38.1 Å². The van der Waals surface area contributed by atoms with E-state index in [2.05, 4.69) is 21.5 Å². The highest BCUT2D eigenvalue weighted by molar-refractivity contribution is 5.78. The van der Waals surface area contributed by atoms with Crippen molar-refractivity contribution in [3.8, 4) is 0 Å². The number of imidazole rings is 1. The zero-order valence-corrected chi connectivity index (χ0v) is 13.0. The van der Waals surface area contributed by atoms with Gasteiger partial charge in [-0.3, -0.25) is 9.69 Å². The third-order valence-electron chi connectivity index (χ3n) is 4.81. The van der Waals surface area contributed by atoms with E-state index in [1.165, 1.54) is 25.7 Å². The van der Waals surface area contributed by atoms with Crippen LogP contribution in [0.3, 0.4) is 0 Å². The van der Waals surface area contributed by atoms with Crippen molar-refractivity contribution in [1.29, 1.82) is 0 Å². The fourth-order valence-electron chi connectivity index (χ4n) is 3.57. The normalized spacial score (nSPS) is 23.7. The summed E-state index contributed by atoms with van der Waals surface area (Å²) in [7, 11) is 2.06. The molecule has 0 spiro atoms. The van der Waals surface area contributed by atoms with Gasteiger partial charge in [0.25, 0.3) is 0 Å². The smallest absolute Gasteiger partial charge is 0.236 e. The molecule has 3 heterocycles. The van der Waals surface area contributed by atoms with Gasteiger partial charge in [0.15, 0.2) is 0 Å². The van der Waals surface area contributed by atoms with Crippen molar-refractivity contribution in [2.45, 2.75) is 32.1 Å². The van der Waals surface area contributed by atoms with Crippen LogP contribution in [0.25, 0.3) is 0 Å². The standard InChI is InChI=1S/C16H26N4O/c1-18-10-6-17-15(18)11-14-5-4-7-19(12-14)13-16(21)20-8-2-3-9-20/h6,10,14H,2-5,7-9,11-13H2,1H3/t14-/m1/s1. The predicted octanol–water partition coefficient (Wildman–Crippen LogP) is 1.30. The second kappa shape index (κ2) is 6.60. The lowest BCUT2D eigenvalue weighted by Gasteiger charge is -2.33. The van der Waals surface area contributed by atoms with E-state index in [4.69, 9.17) is 0 Å². The van der Waals surface area contributed by atoms with E-state index in [9.17, 15) is 4.79 Å². The number of hydrogen-bond donors (Lipinski definition) is 0. The van der Waals surface area contributed by atoms with Crippen LogP contribution in [-0.4, -0.2) is 58.0 Å². The molecule has 1 atom stereocenters. The molecular weight excluding hydrogens is 264 g/mol. The number of nitrogens with zero attached hydrogens (tertiary/aromatic N) is 4. The van der Waals surface area contributed by atoms with Crippen LogP contribution in [0, 0.1) is 5.92 Å². The van der Waals surface area contributed by atoms with Crippen molar-refractivity contribution in [2.24, 2.45) is 13.0 Å². The van der Waals surface area contributed by atoms with Gasteiger partial charge in [0.1, 0.15) is 5.82 Å². The molecule has 0 radical (unpaired) electrons. The Morgan fingerprint density at radius 1 is 1.29 bits per heavy atom. The van der Waals surface area contributed by atoms with E-state index >= 15 is 0 Å². The van der Waals surface area contributed by atoms with E-state index in [0.29, 0.717) is 18.4 Å². The lowest BCUT2D eigenvalue weighted by molar-refractivity contribution is -0.131. The first kappa shape index (κ1) is 14.6. The molecule has 5 nitrogen and oxygen atoms in total. The summed E-state index contributed by atoms with van der Waals surface area (Å²) < 4.78 is 2.11. The minimum absolute atomic E-state index is 0.324. The van der Waals surface area contributed by atoms with Crippen LogP contribution in [0.15, 0.2) is 12.4 Å². The molecule has 5 heteroatoms. The number of aromatic nitrogens is 2. The second-order valence-corrected chi connectivity index (χ2v) is 6.49. The van der Waals surface area contributed by atoms with E-state index in [0.717, 1.165) is 38.4 Å². The van der Waals surface area contributed by atoms with Gasteiger partial charge in [-0.1, -0.05) is 0 Å². The highest BCUT2D eigenvalue weighted by Crippen LogP contribution is 2.20. The molecule has 0 aromatic carbocycles. The molecule has 1 aromatic heterocycles. The molecule has 1 aromatic rings. The molecule has 2 saturated heterocycles. The number of rotatable bonds is 4. The summed E-state index contributed by atoms with van der Waals surface area (Å²) >= 11 is 0. The van der Waals surface area contributed by atoms with Crippen LogP contribution in [0.5, 0.6) is 0 Å². The summed E-state index contributed by atoms with van der Waals surface area (Å²) in [6.45, 7) is 4.63. The molecule has 0 bridgehead atoms. The van der Waals surface area contributed by atoms with Crippen LogP contribution in [0.1, 0.15) is 31.5 Å². The van der Waals surface area contributed by atoms with Crippen LogP contribution < -0.4 is 0 Å². The van der Waals surface area contributed by atoms with E-state index < -0.39 is 0 Å². The Morgan fingerprint density at radius 3 is 2.81 bits per heavy atom. The summed E-state index contributed by atoms with van der Waals surface area (Å²) in [5, 5.41) is 0. The lowest BCUT2D eigenvalue weighted by Crippen LogP contribution is -2.43. The molecule has 2 aliphatic heterocycles. The number of piperidine rings is 1. The number of likely N-dealkylation sites (tertiary alicyclic amines) is 2.